The Morgan fingerprint density at radius 3 is 2.63 bits per heavy atom. The third-order valence-corrected chi connectivity index (χ3v) is 7.98. The maximum absolute atomic E-state index is 13.6. The molecule has 0 radical (unpaired) electrons. The lowest BCUT2D eigenvalue weighted by Gasteiger charge is -2.23. The van der Waals surface area contributed by atoms with Crippen LogP contribution in [-0.2, 0) is 9.84 Å². The Labute approximate surface area is 200 Å². The van der Waals surface area contributed by atoms with E-state index in [1.54, 1.807) is 54.2 Å². The molecular formula is C25H20FN5O3S. The number of hydrogen-bond donors (Lipinski definition) is 1. The van der Waals surface area contributed by atoms with E-state index in [0.29, 0.717) is 45.4 Å². The summed E-state index contributed by atoms with van der Waals surface area (Å²) in [7, 11) is -3.18. The SMILES string of the molecule is CC1(NC(=O)c2ccc3c(-c4cncc(C#N)c4)nn(-c4ccc(F)cc4)c3c2)CCS(=O)(=O)C1. The summed E-state index contributed by atoms with van der Waals surface area (Å²) < 4.78 is 39.0. The van der Waals surface area contributed by atoms with Gasteiger partial charge in [0, 0.05) is 28.9 Å². The molecule has 1 fully saturated rings. The van der Waals surface area contributed by atoms with Crippen molar-refractivity contribution in [3.8, 4) is 23.0 Å². The van der Waals surface area contributed by atoms with Crippen LogP contribution in [0.15, 0.2) is 60.9 Å². The Kier molecular flexibility index (Phi) is 5.37. The number of pyridine rings is 1. The summed E-state index contributed by atoms with van der Waals surface area (Å²) in [5, 5.41) is 17.5. The summed E-state index contributed by atoms with van der Waals surface area (Å²) in [5.41, 5.74) is 2.22. The maximum Gasteiger partial charge on any atom is 0.251 e. The van der Waals surface area contributed by atoms with Gasteiger partial charge in [0.25, 0.3) is 5.91 Å². The zero-order chi connectivity index (χ0) is 24.8. The minimum Gasteiger partial charge on any atom is -0.346 e. The summed E-state index contributed by atoms with van der Waals surface area (Å²) in [6.07, 6.45) is 3.40. The van der Waals surface area contributed by atoms with Gasteiger partial charge in [0.05, 0.1) is 33.8 Å². The molecule has 1 aliphatic rings. The topological polar surface area (TPSA) is 118 Å². The largest absolute Gasteiger partial charge is 0.346 e. The number of nitrogens with zero attached hydrogens (tertiary/aromatic N) is 4. The number of nitriles is 1. The van der Waals surface area contributed by atoms with Crippen LogP contribution in [0.5, 0.6) is 0 Å². The van der Waals surface area contributed by atoms with E-state index in [4.69, 9.17) is 5.10 Å². The molecule has 0 aliphatic carbocycles. The summed E-state index contributed by atoms with van der Waals surface area (Å²) in [6.45, 7) is 1.73. The quantitative estimate of drug-likeness (QED) is 0.469. The molecule has 35 heavy (non-hydrogen) atoms. The minimum atomic E-state index is -3.18. The fraction of sp³-hybridized carbons (Fsp3) is 0.200. The molecule has 2 aromatic carbocycles. The van der Waals surface area contributed by atoms with Crippen molar-refractivity contribution in [1.82, 2.24) is 20.1 Å². The lowest BCUT2D eigenvalue weighted by Crippen LogP contribution is -2.46. The molecule has 5 rings (SSSR count). The molecule has 4 aromatic rings. The van der Waals surface area contributed by atoms with Crippen molar-refractivity contribution in [2.75, 3.05) is 11.5 Å². The normalized spacial score (nSPS) is 18.9. The van der Waals surface area contributed by atoms with Gasteiger partial charge in [-0.05, 0) is 61.9 Å². The first-order valence-electron chi connectivity index (χ1n) is 10.8. The Bertz CT molecular complexity index is 1620. The van der Waals surface area contributed by atoms with Crippen LogP contribution in [0.25, 0.3) is 27.8 Å². The van der Waals surface area contributed by atoms with Crippen LogP contribution < -0.4 is 5.32 Å². The Balaban J connectivity index is 1.61. The van der Waals surface area contributed by atoms with Gasteiger partial charge in [-0.15, -0.1) is 0 Å². The standard InChI is InChI=1S/C25H20FN5O3S/c1-25(8-9-35(33,34)15-25)29-24(32)17-2-7-21-22(11-17)31(20-5-3-19(26)4-6-20)30-23(21)18-10-16(12-27)13-28-14-18/h2-7,10-11,13-14H,8-9,15H2,1H3,(H,29,32). The van der Waals surface area contributed by atoms with E-state index in [2.05, 4.69) is 16.4 Å². The molecule has 2 aromatic heterocycles. The molecule has 1 unspecified atom stereocenters. The highest BCUT2D eigenvalue weighted by Crippen LogP contribution is 2.31. The molecule has 176 valence electrons. The molecule has 1 aliphatic heterocycles. The predicted octanol–water partition coefficient (Wildman–Crippen LogP) is 3.41. The van der Waals surface area contributed by atoms with E-state index in [9.17, 15) is 22.9 Å². The number of halogens is 1. The van der Waals surface area contributed by atoms with E-state index < -0.39 is 27.1 Å². The van der Waals surface area contributed by atoms with Gasteiger partial charge in [0.2, 0.25) is 0 Å². The van der Waals surface area contributed by atoms with E-state index in [0.717, 1.165) is 0 Å². The molecule has 1 N–H and O–H groups in total. The number of sulfone groups is 1. The van der Waals surface area contributed by atoms with E-state index in [1.165, 1.54) is 18.3 Å². The Morgan fingerprint density at radius 2 is 1.94 bits per heavy atom. The summed E-state index contributed by atoms with van der Waals surface area (Å²) >= 11 is 0. The summed E-state index contributed by atoms with van der Waals surface area (Å²) in [4.78, 5) is 17.2. The first-order chi connectivity index (χ1) is 16.7. The summed E-state index contributed by atoms with van der Waals surface area (Å²) in [6, 6.07) is 14.6. The van der Waals surface area contributed by atoms with Gasteiger partial charge < -0.3 is 5.32 Å². The molecule has 8 nitrogen and oxygen atoms in total. The third kappa shape index (κ3) is 4.38. The first-order valence-corrected chi connectivity index (χ1v) is 12.7. The molecule has 3 heterocycles. The van der Waals surface area contributed by atoms with Crippen LogP contribution in [0, 0.1) is 17.1 Å². The average Bonchev–Trinajstić information content (AvgIpc) is 3.35. The van der Waals surface area contributed by atoms with Crippen LogP contribution in [0.3, 0.4) is 0 Å². The molecule has 0 saturated carbocycles. The fourth-order valence-corrected chi connectivity index (χ4v) is 6.43. The van der Waals surface area contributed by atoms with Crippen molar-refractivity contribution in [3.05, 3.63) is 77.9 Å². The van der Waals surface area contributed by atoms with Crippen LogP contribution in [0.1, 0.15) is 29.3 Å². The number of amides is 1. The second-order valence-corrected chi connectivity index (χ2v) is 11.1. The number of hydrogen-bond acceptors (Lipinski definition) is 6. The van der Waals surface area contributed by atoms with Crippen molar-refractivity contribution in [2.24, 2.45) is 0 Å². The highest BCUT2D eigenvalue weighted by Gasteiger charge is 2.39. The monoisotopic (exact) mass is 489 g/mol. The van der Waals surface area contributed by atoms with Crippen LogP contribution in [0.2, 0.25) is 0 Å². The smallest absolute Gasteiger partial charge is 0.251 e. The highest BCUT2D eigenvalue weighted by atomic mass is 32.2. The van der Waals surface area contributed by atoms with Crippen molar-refractivity contribution in [3.63, 3.8) is 0 Å². The lowest BCUT2D eigenvalue weighted by atomic mass is 10.0. The molecular weight excluding hydrogens is 469 g/mol. The molecule has 10 heteroatoms. The van der Waals surface area contributed by atoms with Gasteiger partial charge in [-0.3, -0.25) is 9.78 Å². The molecule has 1 amide bonds. The molecule has 0 spiro atoms. The number of aromatic nitrogens is 3. The lowest BCUT2D eigenvalue weighted by molar-refractivity contribution is 0.0915. The number of benzene rings is 2. The summed E-state index contributed by atoms with van der Waals surface area (Å²) in [5.74, 6) is -0.850. The van der Waals surface area contributed by atoms with E-state index in [1.807, 2.05) is 0 Å². The van der Waals surface area contributed by atoms with Gasteiger partial charge in [-0.25, -0.2) is 17.5 Å². The van der Waals surface area contributed by atoms with E-state index >= 15 is 0 Å². The average molecular weight is 490 g/mol. The third-order valence-electron chi connectivity index (χ3n) is 6.07. The Morgan fingerprint density at radius 1 is 1.17 bits per heavy atom. The zero-order valence-electron chi connectivity index (χ0n) is 18.7. The van der Waals surface area contributed by atoms with Crippen molar-refractivity contribution < 1.29 is 17.6 Å². The van der Waals surface area contributed by atoms with Crippen molar-refractivity contribution >= 4 is 26.6 Å². The fourth-order valence-electron chi connectivity index (χ4n) is 4.33. The van der Waals surface area contributed by atoms with Crippen LogP contribution in [0.4, 0.5) is 4.39 Å². The number of nitrogens with one attached hydrogen (secondary N) is 1. The molecule has 1 saturated heterocycles. The highest BCUT2D eigenvalue weighted by molar-refractivity contribution is 7.91. The van der Waals surface area contributed by atoms with Gasteiger partial charge >= 0.3 is 0 Å². The van der Waals surface area contributed by atoms with Gasteiger partial charge in [-0.1, -0.05) is 0 Å². The number of carbonyl (C=O) groups is 1. The first kappa shape index (κ1) is 22.7. The number of rotatable bonds is 4. The van der Waals surface area contributed by atoms with E-state index in [-0.39, 0.29) is 11.5 Å². The predicted molar refractivity (Wildman–Crippen MR) is 128 cm³/mol. The minimum absolute atomic E-state index is 0.0410. The second kappa shape index (κ2) is 8.29. The van der Waals surface area contributed by atoms with Crippen LogP contribution in [-0.4, -0.2) is 46.1 Å². The molecule has 0 bridgehead atoms. The van der Waals surface area contributed by atoms with Crippen molar-refractivity contribution in [1.29, 1.82) is 5.26 Å². The van der Waals surface area contributed by atoms with Crippen LogP contribution >= 0.6 is 0 Å². The van der Waals surface area contributed by atoms with Gasteiger partial charge in [0.1, 0.15) is 17.6 Å². The Hall–Kier alpha value is -4.10. The second-order valence-electron chi connectivity index (χ2n) is 8.90. The number of carbonyl (C=O) groups excluding carboxylic acids is 1. The van der Waals surface area contributed by atoms with Gasteiger partial charge in [-0.2, -0.15) is 10.4 Å². The van der Waals surface area contributed by atoms with Crippen molar-refractivity contribution in [2.45, 2.75) is 18.9 Å². The number of fused-ring (bicyclic) bond motifs is 1. The van der Waals surface area contributed by atoms with Gasteiger partial charge in [0.15, 0.2) is 9.84 Å². The zero-order valence-corrected chi connectivity index (χ0v) is 19.5. The maximum atomic E-state index is 13.6. The molecule has 1 atom stereocenters.